The van der Waals surface area contributed by atoms with Crippen molar-refractivity contribution in [3.8, 4) is 22.4 Å². The highest BCUT2D eigenvalue weighted by atomic mass is 16.1. The fourth-order valence-corrected chi connectivity index (χ4v) is 3.22. The van der Waals surface area contributed by atoms with Crippen LogP contribution in [-0.2, 0) is 7.05 Å². The summed E-state index contributed by atoms with van der Waals surface area (Å²) >= 11 is 0. The van der Waals surface area contributed by atoms with Gasteiger partial charge < -0.3 is 9.88 Å². The lowest BCUT2D eigenvalue weighted by molar-refractivity contribution is 0.102. The topological polar surface area (TPSA) is 46.9 Å². The van der Waals surface area contributed by atoms with Crippen LogP contribution in [0.3, 0.4) is 0 Å². The molecule has 2 aromatic heterocycles. The number of pyridine rings is 1. The summed E-state index contributed by atoms with van der Waals surface area (Å²) in [6.07, 6.45) is 5.37. The van der Waals surface area contributed by atoms with Gasteiger partial charge >= 0.3 is 0 Å². The van der Waals surface area contributed by atoms with Crippen LogP contribution in [0.15, 0.2) is 85.3 Å². The molecule has 2 aromatic carbocycles. The molecule has 138 valence electrons. The molecule has 28 heavy (non-hydrogen) atoms. The zero-order valence-electron chi connectivity index (χ0n) is 15.9. The number of carbonyl (C=O) groups excluding carboxylic acids is 1. The van der Waals surface area contributed by atoms with E-state index in [1.165, 1.54) is 0 Å². The van der Waals surface area contributed by atoms with Crippen LogP contribution in [0.2, 0.25) is 0 Å². The van der Waals surface area contributed by atoms with Gasteiger partial charge in [-0.05, 0) is 42.3 Å². The maximum Gasteiger partial charge on any atom is 0.257 e. The average molecular weight is 367 g/mol. The lowest BCUT2D eigenvalue weighted by atomic mass is 10.1. The zero-order valence-corrected chi connectivity index (χ0v) is 15.9. The highest BCUT2D eigenvalue weighted by molar-refractivity contribution is 6.05. The van der Waals surface area contributed by atoms with E-state index in [2.05, 4.69) is 27.0 Å². The van der Waals surface area contributed by atoms with Gasteiger partial charge in [0.2, 0.25) is 0 Å². The van der Waals surface area contributed by atoms with Gasteiger partial charge in [0.1, 0.15) is 0 Å². The highest BCUT2D eigenvalue weighted by Crippen LogP contribution is 2.26. The first-order valence-corrected chi connectivity index (χ1v) is 9.16. The van der Waals surface area contributed by atoms with Crippen molar-refractivity contribution in [3.63, 3.8) is 0 Å². The van der Waals surface area contributed by atoms with E-state index >= 15 is 0 Å². The number of hydrogen-bond acceptors (Lipinski definition) is 2. The zero-order chi connectivity index (χ0) is 19.5. The van der Waals surface area contributed by atoms with Gasteiger partial charge in [-0.2, -0.15) is 0 Å². The van der Waals surface area contributed by atoms with Gasteiger partial charge in [-0.3, -0.25) is 9.78 Å². The molecule has 0 saturated heterocycles. The third kappa shape index (κ3) is 3.58. The summed E-state index contributed by atoms with van der Waals surface area (Å²) in [5.41, 5.74) is 6.46. The van der Waals surface area contributed by atoms with Gasteiger partial charge in [-0.1, -0.05) is 42.5 Å². The van der Waals surface area contributed by atoms with Gasteiger partial charge in [0.15, 0.2) is 0 Å². The van der Waals surface area contributed by atoms with Crippen LogP contribution in [0.1, 0.15) is 15.9 Å². The molecule has 2 heterocycles. The number of amides is 1. The van der Waals surface area contributed by atoms with E-state index in [1.807, 2.05) is 74.8 Å². The Morgan fingerprint density at radius 2 is 1.71 bits per heavy atom. The number of nitrogens with zero attached hydrogens (tertiary/aromatic N) is 2. The SMILES string of the molecule is Cc1ccc(-c2cccn2C)cc1NC(=O)c1cncc(-c2ccccc2)c1. The molecule has 0 spiro atoms. The number of anilines is 1. The van der Waals surface area contributed by atoms with Crippen LogP contribution < -0.4 is 5.32 Å². The van der Waals surface area contributed by atoms with E-state index in [-0.39, 0.29) is 5.91 Å². The maximum atomic E-state index is 12.9. The highest BCUT2D eigenvalue weighted by Gasteiger charge is 2.11. The Morgan fingerprint density at radius 1 is 0.893 bits per heavy atom. The lowest BCUT2D eigenvalue weighted by Crippen LogP contribution is -2.13. The number of hydrogen-bond donors (Lipinski definition) is 1. The third-order valence-corrected chi connectivity index (χ3v) is 4.83. The van der Waals surface area contributed by atoms with Crippen LogP contribution in [0.25, 0.3) is 22.4 Å². The fourth-order valence-electron chi connectivity index (χ4n) is 3.22. The average Bonchev–Trinajstić information content (AvgIpc) is 3.16. The normalized spacial score (nSPS) is 10.6. The van der Waals surface area contributed by atoms with E-state index in [4.69, 9.17) is 0 Å². The van der Waals surface area contributed by atoms with Crippen LogP contribution >= 0.6 is 0 Å². The van der Waals surface area contributed by atoms with Gasteiger partial charge in [-0.25, -0.2) is 0 Å². The molecule has 4 rings (SSSR count). The molecule has 0 aliphatic carbocycles. The molecule has 1 amide bonds. The van der Waals surface area contributed by atoms with Crippen LogP contribution in [0.5, 0.6) is 0 Å². The van der Waals surface area contributed by atoms with Crippen LogP contribution in [0, 0.1) is 6.92 Å². The summed E-state index contributed by atoms with van der Waals surface area (Å²) in [7, 11) is 2.01. The predicted octanol–water partition coefficient (Wildman–Crippen LogP) is 5.31. The molecule has 0 bridgehead atoms. The number of aromatic nitrogens is 2. The first-order chi connectivity index (χ1) is 13.6. The largest absolute Gasteiger partial charge is 0.351 e. The Morgan fingerprint density at radius 3 is 2.46 bits per heavy atom. The Labute approximate surface area is 164 Å². The molecule has 0 unspecified atom stereocenters. The van der Waals surface area contributed by atoms with Crippen molar-refractivity contribution in [3.05, 3.63) is 96.4 Å². The molecule has 1 N–H and O–H groups in total. The monoisotopic (exact) mass is 367 g/mol. The number of benzene rings is 2. The van der Waals surface area contributed by atoms with Gasteiger partial charge in [0.05, 0.1) is 5.56 Å². The lowest BCUT2D eigenvalue weighted by Gasteiger charge is -2.12. The molecular formula is C24H21N3O. The Balaban J connectivity index is 1.62. The van der Waals surface area contributed by atoms with E-state index in [1.54, 1.807) is 12.4 Å². The minimum atomic E-state index is -0.169. The second-order valence-corrected chi connectivity index (χ2v) is 6.82. The molecule has 4 nitrogen and oxygen atoms in total. The second kappa shape index (κ2) is 7.53. The van der Waals surface area contributed by atoms with Crippen molar-refractivity contribution >= 4 is 11.6 Å². The van der Waals surface area contributed by atoms with Crippen LogP contribution in [-0.4, -0.2) is 15.5 Å². The number of rotatable bonds is 4. The molecule has 4 aromatic rings. The van der Waals surface area contributed by atoms with Crippen molar-refractivity contribution in [2.75, 3.05) is 5.32 Å². The summed E-state index contributed by atoms with van der Waals surface area (Å²) in [6.45, 7) is 1.99. The van der Waals surface area contributed by atoms with Crippen molar-refractivity contribution in [1.29, 1.82) is 0 Å². The molecule has 0 atom stereocenters. The molecule has 0 fully saturated rings. The quantitative estimate of drug-likeness (QED) is 0.531. The van der Waals surface area contributed by atoms with E-state index in [9.17, 15) is 4.79 Å². The molecule has 0 aliphatic rings. The number of nitrogens with one attached hydrogen (secondary N) is 1. The number of aryl methyl sites for hydroxylation is 2. The minimum Gasteiger partial charge on any atom is -0.351 e. The summed E-state index contributed by atoms with van der Waals surface area (Å²) in [4.78, 5) is 17.1. The fraction of sp³-hybridized carbons (Fsp3) is 0.0833. The molecule has 0 saturated carbocycles. The van der Waals surface area contributed by atoms with Crippen molar-refractivity contribution < 1.29 is 4.79 Å². The van der Waals surface area contributed by atoms with E-state index in [0.29, 0.717) is 5.56 Å². The van der Waals surface area contributed by atoms with Gasteiger partial charge in [-0.15, -0.1) is 0 Å². The molecule has 0 radical (unpaired) electrons. The Hall–Kier alpha value is -3.66. The molecule has 0 aliphatic heterocycles. The minimum absolute atomic E-state index is 0.169. The van der Waals surface area contributed by atoms with Gasteiger partial charge in [0.25, 0.3) is 5.91 Å². The second-order valence-electron chi connectivity index (χ2n) is 6.82. The Kier molecular flexibility index (Phi) is 4.77. The van der Waals surface area contributed by atoms with Gasteiger partial charge in [0, 0.05) is 48.1 Å². The molecule has 4 heteroatoms. The van der Waals surface area contributed by atoms with E-state index < -0.39 is 0 Å². The smallest absolute Gasteiger partial charge is 0.257 e. The van der Waals surface area contributed by atoms with Crippen molar-refractivity contribution in [1.82, 2.24) is 9.55 Å². The van der Waals surface area contributed by atoms with Crippen LogP contribution in [0.4, 0.5) is 5.69 Å². The van der Waals surface area contributed by atoms with Crippen molar-refractivity contribution in [2.45, 2.75) is 6.92 Å². The van der Waals surface area contributed by atoms with Crippen molar-refractivity contribution in [2.24, 2.45) is 7.05 Å². The molecular weight excluding hydrogens is 346 g/mol. The Bertz CT molecular complexity index is 1130. The standard InChI is InChI=1S/C24H21N3O/c1-17-10-11-19(23-9-6-12-27(23)2)14-22(17)26-24(28)21-13-20(15-25-16-21)18-7-4-3-5-8-18/h3-16H,1-2H3,(H,26,28). The third-order valence-electron chi connectivity index (χ3n) is 4.83. The first-order valence-electron chi connectivity index (χ1n) is 9.16. The van der Waals surface area contributed by atoms with E-state index in [0.717, 1.165) is 33.6 Å². The summed E-state index contributed by atoms with van der Waals surface area (Å²) < 4.78 is 2.06. The first kappa shape index (κ1) is 17.7. The summed E-state index contributed by atoms with van der Waals surface area (Å²) in [5.74, 6) is -0.169. The summed E-state index contributed by atoms with van der Waals surface area (Å²) in [6, 6.07) is 22.0. The summed E-state index contributed by atoms with van der Waals surface area (Å²) in [5, 5.41) is 3.04. The maximum absolute atomic E-state index is 12.9. The number of carbonyl (C=O) groups is 1. The predicted molar refractivity (Wildman–Crippen MR) is 113 cm³/mol.